The minimum Gasteiger partial charge on any atom is -0.365 e. The van der Waals surface area contributed by atoms with Crippen molar-refractivity contribution in [3.8, 4) is 11.1 Å². The number of thiophene rings is 1. The van der Waals surface area contributed by atoms with Crippen LogP contribution in [0.25, 0.3) is 11.1 Å². The van der Waals surface area contributed by atoms with Gasteiger partial charge in [-0.3, -0.25) is 14.4 Å². The van der Waals surface area contributed by atoms with Crippen LogP contribution in [0.1, 0.15) is 58.3 Å². The Labute approximate surface area is 198 Å². The highest BCUT2D eigenvalue weighted by Gasteiger charge is 2.22. The first kappa shape index (κ1) is 24.2. The number of carbonyl (C=O) groups is 3. The highest BCUT2D eigenvalue weighted by Crippen LogP contribution is 2.39. The van der Waals surface area contributed by atoms with Crippen molar-refractivity contribution in [1.29, 1.82) is 0 Å². The van der Waals surface area contributed by atoms with E-state index in [-0.39, 0.29) is 30.2 Å². The Balaban J connectivity index is 1.62. The fourth-order valence-electron chi connectivity index (χ4n) is 3.52. The zero-order chi connectivity index (χ0) is 24.2. The van der Waals surface area contributed by atoms with Crippen LogP contribution in [0.4, 0.5) is 5.00 Å². The molecule has 1 heterocycles. The van der Waals surface area contributed by atoms with E-state index in [1.165, 1.54) is 11.3 Å². The van der Waals surface area contributed by atoms with Crippen LogP contribution in [0.3, 0.4) is 0 Å². The monoisotopic (exact) mass is 463 g/mol. The molecule has 0 fully saturated rings. The lowest BCUT2D eigenvalue weighted by molar-refractivity contribution is -0.116. The third-order valence-corrected chi connectivity index (χ3v) is 6.32. The SMILES string of the molecule is Cc1sc(NC(=O)CCNC(=O)c2ccc(C(C)(C)C)cc2)c(C(N)=O)c1-c1ccccc1. The second-order valence-corrected chi connectivity index (χ2v) is 10.1. The number of hydrogen-bond acceptors (Lipinski definition) is 4. The lowest BCUT2D eigenvalue weighted by Gasteiger charge is -2.19. The van der Waals surface area contributed by atoms with Crippen molar-refractivity contribution in [2.45, 2.75) is 39.5 Å². The minimum atomic E-state index is -0.597. The molecule has 0 spiro atoms. The van der Waals surface area contributed by atoms with Gasteiger partial charge >= 0.3 is 0 Å². The second kappa shape index (κ2) is 10.0. The number of nitrogens with two attached hydrogens (primary N) is 1. The molecule has 0 aliphatic rings. The molecule has 6 nitrogen and oxygen atoms in total. The van der Waals surface area contributed by atoms with E-state index in [0.717, 1.165) is 21.6 Å². The number of benzene rings is 2. The summed E-state index contributed by atoms with van der Waals surface area (Å²) in [6, 6.07) is 16.9. The number of nitrogens with one attached hydrogen (secondary N) is 2. The Morgan fingerprint density at radius 2 is 1.61 bits per heavy atom. The summed E-state index contributed by atoms with van der Waals surface area (Å²) in [6.07, 6.45) is 0.0711. The fraction of sp³-hybridized carbons (Fsp3) is 0.269. The van der Waals surface area contributed by atoms with Crippen molar-refractivity contribution in [3.63, 3.8) is 0 Å². The molecule has 4 N–H and O–H groups in total. The van der Waals surface area contributed by atoms with Crippen molar-refractivity contribution in [2.24, 2.45) is 5.73 Å². The van der Waals surface area contributed by atoms with E-state index in [4.69, 9.17) is 5.73 Å². The maximum atomic E-state index is 12.5. The van der Waals surface area contributed by atoms with Gasteiger partial charge in [0, 0.05) is 29.0 Å². The van der Waals surface area contributed by atoms with Crippen molar-refractivity contribution in [2.75, 3.05) is 11.9 Å². The van der Waals surface area contributed by atoms with Crippen LogP contribution in [0.5, 0.6) is 0 Å². The lowest BCUT2D eigenvalue weighted by atomic mass is 9.87. The molecule has 0 saturated heterocycles. The van der Waals surface area contributed by atoms with Crippen LogP contribution >= 0.6 is 11.3 Å². The van der Waals surface area contributed by atoms with Crippen molar-refractivity contribution in [1.82, 2.24) is 5.32 Å². The van der Waals surface area contributed by atoms with Gasteiger partial charge < -0.3 is 16.4 Å². The first-order chi connectivity index (χ1) is 15.6. The molecular formula is C26H29N3O3S. The van der Waals surface area contributed by atoms with Crippen molar-refractivity contribution in [3.05, 3.63) is 76.2 Å². The van der Waals surface area contributed by atoms with Crippen LogP contribution in [-0.4, -0.2) is 24.3 Å². The molecule has 3 rings (SSSR count). The standard InChI is InChI=1S/C26H29N3O3S/c1-16-21(17-8-6-5-7-9-17)22(23(27)31)25(33-16)29-20(30)14-15-28-24(32)18-10-12-19(13-11-18)26(2,3)4/h5-13H,14-15H2,1-4H3,(H2,27,31)(H,28,32)(H,29,30). The zero-order valence-corrected chi connectivity index (χ0v) is 20.1. The molecule has 0 aliphatic carbocycles. The number of hydrogen-bond donors (Lipinski definition) is 3. The number of carbonyl (C=O) groups excluding carboxylic acids is 3. The van der Waals surface area contributed by atoms with E-state index in [1.54, 1.807) is 12.1 Å². The van der Waals surface area contributed by atoms with Gasteiger partial charge in [-0.1, -0.05) is 63.2 Å². The molecule has 0 aliphatic heterocycles. The second-order valence-electron chi connectivity index (χ2n) is 8.85. The number of rotatable bonds is 7. The first-order valence-corrected chi connectivity index (χ1v) is 11.6. The zero-order valence-electron chi connectivity index (χ0n) is 19.3. The van der Waals surface area contributed by atoms with E-state index in [1.807, 2.05) is 49.4 Å². The Hall–Kier alpha value is -3.45. The molecule has 0 radical (unpaired) electrons. The summed E-state index contributed by atoms with van der Waals surface area (Å²) in [5.74, 6) is -1.14. The average molecular weight is 464 g/mol. The molecule has 0 bridgehead atoms. The smallest absolute Gasteiger partial charge is 0.252 e. The minimum absolute atomic E-state index is 0.0113. The van der Waals surface area contributed by atoms with Gasteiger partial charge in [0.25, 0.3) is 11.8 Å². The molecule has 3 aromatic rings. The van der Waals surface area contributed by atoms with Gasteiger partial charge in [0.1, 0.15) is 5.00 Å². The normalized spacial score (nSPS) is 11.2. The summed E-state index contributed by atoms with van der Waals surface area (Å²) >= 11 is 1.31. The molecule has 0 atom stereocenters. The molecule has 7 heteroatoms. The number of aryl methyl sites for hydroxylation is 1. The Morgan fingerprint density at radius 1 is 0.970 bits per heavy atom. The largest absolute Gasteiger partial charge is 0.365 e. The van der Waals surface area contributed by atoms with Gasteiger partial charge in [-0.25, -0.2) is 0 Å². The van der Waals surface area contributed by atoms with Crippen molar-refractivity contribution < 1.29 is 14.4 Å². The first-order valence-electron chi connectivity index (χ1n) is 10.7. The third-order valence-electron chi connectivity index (χ3n) is 5.30. The number of primary amides is 1. The summed E-state index contributed by atoms with van der Waals surface area (Å²) in [5, 5.41) is 5.98. The van der Waals surface area contributed by atoms with Gasteiger partial charge in [0.2, 0.25) is 5.91 Å². The average Bonchev–Trinajstić information content (AvgIpc) is 3.09. The van der Waals surface area contributed by atoms with Crippen LogP contribution in [-0.2, 0) is 10.2 Å². The summed E-state index contributed by atoms with van der Waals surface area (Å²) in [7, 11) is 0. The fourth-order valence-corrected chi connectivity index (χ4v) is 4.62. The maximum absolute atomic E-state index is 12.5. The topological polar surface area (TPSA) is 101 Å². The Morgan fingerprint density at radius 3 is 2.18 bits per heavy atom. The summed E-state index contributed by atoms with van der Waals surface area (Å²) in [6.45, 7) is 8.40. The van der Waals surface area contributed by atoms with Gasteiger partial charge in [-0.15, -0.1) is 11.3 Å². The van der Waals surface area contributed by atoms with Crippen LogP contribution in [0, 0.1) is 6.92 Å². The summed E-state index contributed by atoms with van der Waals surface area (Å²) in [4.78, 5) is 38.0. The van der Waals surface area contributed by atoms with E-state index >= 15 is 0 Å². The van der Waals surface area contributed by atoms with Gasteiger partial charge in [0.05, 0.1) is 5.56 Å². The quantitative estimate of drug-likeness (QED) is 0.465. The van der Waals surface area contributed by atoms with Crippen LogP contribution in [0.15, 0.2) is 54.6 Å². The Bertz CT molecular complexity index is 1160. The third kappa shape index (κ3) is 5.87. The molecule has 3 amide bonds. The molecule has 33 heavy (non-hydrogen) atoms. The van der Waals surface area contributed by atoms with Crippen LogP contribution in [0.2, 0.25) is 0 Å². The highest BCUT2D eigenvalue weighted by molar-refractivity contribution is 7.17. The Kier molecular flexibility index (Phi) is 7.33. The summed E-state index contributed by atoms with van der Waals surface area (Å²) in [5.41, 5.74) is 9.24. The van der Waals surface area contributed by atoms with Gasteiger partial charge in [-0.2, -0.15) is 0 Å². The maximum Gasteiger partial charge on any atom is 0.252 e. The van der Waals surface area contributed by atoms with E-state index < -0.39 is 5.91 Å². The van der Waals surface area contributed by atoms with E-state index in [2.05, 4.69) is 31.4 Å². The van der Waals surface area contributed by atoms with Crippen molar-refractivity contribution >= 4 is 34.1 Å². The number of amides is 3. The predicted molar refractivity (Wildman–Crippen MR) is 134 cm³/mol. The lowest BCUT2D eigenvalue weighted by Crippen LogP contribution is -2.28. The van der Waals surface area contributed by atoms with Gasteiger partial charge in [0.15, 0.2) is 0 Å². The highest BCUT2D eigenvalue weighted by atomic mass is 32.1. The summed E-state index contributed by atoms with van der Waals surface area (Å²) < 4.78 is 0. The molecule has 172 valence electrons. The number of anilines is 1. The van der Waals surface area contributed by atoms with Gasteiger partial charge in [-0.05, 0) is 35.6 Å². The van der Waals surface area contributed by atoms with Crippen LogP contribution < -0.4 is 16.4 Å². The molecular weight excluding hydrogens is 434 g/mol. The van der Waals surface area contributed by atoms with E-state index in [0.29, 0.717) is 16.1 Å². The molecule has 1 aromatic heterocycles. The molecule has 2 aromatic carbocycles. The molecule has 0 unspecified atom stereocenters. The molecule has 0 saturated carbocycles. The predicted octanol–water partition coefficient (Wildman–Crippen LogP) is 4.88. The van der Waals surface area contributed by atoms with E-state index in [9.17, 15) is 14.4 Å².